The maximum Gasteiger partial charge on any atom is 0.0847 e. The van der Waals surface area contributed by atoms with Crippen molar-refractivity contribution >= 4 is 17.3 Å². The van der Waals surface area contributed by atoms with Gasteiger partial charge in [-0.15, -0.1) is 11.6 Å². The third kappa shape index (κ3) is 4.10. The number of nitrogens with one attached hydrogen (secondary N) is 1. The molecule has 0 saturated heterocycles. The van der Waals surface area contributed by atoms with Crippen LogP contribution in [-0.2, 0) is 0 Å². The van der Waals surface area contributed by atoms with E-state index in [0.717, 1.165) is 5.69 Å². The van der Waals surface area contributed by atoms with Gasteiger partial charge in [0.15, 0.2) is 0 Å². The van der Waals surface area contributed by atoms with Crippen LogP contribution in [0.3, 0.4) is 0 Å². The summed E-state index contributed by atoms with van der Waals surface area (Å²) in [6, 6.07) is 8.22. The first-order valence-corrected chi connectivity index (χ1v) is 5.74. The average molecular weight is 228 g/mol. The van der Waals surface area contributed by atoms with E-state index in [9.17, 15) is 5.11 Å². The van der Waals surface area contributed by atoms with E-state index in [-0.39, 0.29) is 5.88 Å². The van der Waals surface area contributed by atoms with Gasteiger partial charge >= 0.3 is 0 Å². The standard InChI is InChI=1S/C12H18ClNO/c1-9(2)10-4-3-5-11(6-10)14-8-12(15)7-13/h3-6,9,12,14-15H,7-8H2,1-2H3. The second kappa shape index (κ2) is 5.99. The fraction of sp³-hybridized carbons (Fsp3) is 0.500. The summed E-state index contributed by atoms with van der Waals surface area (Å²) in [6.45, 7) is 4.81. The van der Waals surface area contributed by atoms with Crippen molar-refractivity contribution in [1.82, 2.24) is 0 Å². The lowest BCUT2D eigenvalue weighted by atomic mass is 10.0. The smallest absolute Gasteiger partial charge is 0.0847 e. The van der Waals surface area contributed by atoms with Gasteiger partial charge in [0.05, 0.1) is 12.0 Å². The quantitative estimate of drug-likeness (QED) is 0.759. The number of aliphatic hydroxyl groups is 1. The molecule has 0 aliphatic carbocycles. The highest BCUT2D eigenvalue weighted by atomic mass is 35.5. The van der Waals surface area contributed by atoms with Gasteiger partial charge in [-0.3, -0.25) is 0 Å². The molecule has 1 unspecified atom stereocenters. The minimum atomic E-state index is -0.491. The zero-order valence-corrected chi connectivity index (χ0v) is 9.96. The Balaban J connectivity index is 2.58. The zero-order chi connectivity index (χ0) is 11.3. The molecule has 1 aromatic carbocycles. The predicted molar refractivity (Wildman–Crippen MR) is 65.7 cm³/mol. The van der Waals surface area contributed by atoms with E-state index < -0.39 is 6.10 Å². The van der Waals surface area contributed by atoms with Gasteiger partial charge < -0.3 is 10.4 Å². The SMILES string of the molecule is CC(C)c1cccc(NCC(O)CCl)c1. The molecule has 1 aromatic rings. The van der Waals surface area contributed by atoms with E-state index in [1.807, 2.05) is 12.1 Å². The number of aliphatic hydroxyl groups excluding tert-OH is 1. The maximum atomic E-state index is 9.30. The molecule has 0 amide bonds. The van der Waals surface area contributed by atoms with E-state index in [2.05, 4.69) is 31.3 Å². The summed E-state index contributed by atoms with van der Waals surface area (Å²) in [5.74, 6) is 0.779. The molecule has 2 nitrogen and oxygen atoms in total. The van der Waals surface area contributed by atoms with Crippen LogP contribution in [0, 0.1) is 0 Å². The van der Waals surface area contributed by atoms with Gasteiger partial charge in [0.25, 0.3) is 0 Å². The lowest BCUT2D eigenvalue weighted by molar-refractivity contribution is 0.211. The van der Waals surface area contributed by atoms with Crippen molar-refractivity contribution in [3.63, 3.8) is 0 Å². The lowest BCUT2D eigenvalue weighted by Crippen LogP contribution is -2.20. The molecule has 0 aliphatic heterocycles. The molecule has 0 heterocycles. The van der Waals surface area contributed by atoms with E-state index in [4.69, 9.17) is 11.6 Å². The largest absolute Gasteiger partial charge is 0.390 e. The van der Waals surface area contributed by atoms with Gasteiger partial charge in [-0.1, -0.05) is 26.0 Å². The van der Waals surface area contributed by atoms with Crippen LogP contribution in [0.4, 0.5) is 5.69 Å². The average Bonchev–Trinajstić information content (AvgIpc) is 2.26. The molecule has 0 radical (unpaired) electrons. The summed E-state index contributed by atoms with van der Waals surface area (Å²) in [6.07, 6.45) is -0.491. The molecule has 0 bridgehead atoms. The van der Waals surface area contributed by atoms with Gasteiger partial charge in [0.2, 0.25) is 0 Å². The van der Waals surface area contributed by atoms with Crippen LogP contribution in [0.25, 0.3) is 0 Å². The monoisotopic (exact) mass is 227 g/mol. The van der Waals surface area contributed by atoms with Gasteiger partial charge in [0.1, 0.15) is 0 Å². The summed E-state index contributed by atoms with van der Waals surface area (Å²) < 4.78 is 0. The molecular formula is C12H18ClNO. The Labute approximate surface area is 96.3 Å². The normalized spacial score (nSPS) is 12.9. The minimum absolute atomic E-state index is 0.261. The fourth-order valence-electron chi connectivity index (χ4n) is 1.30. The van der Waals surface area contributed by atoms with E-state index in [1.165, 1.54) is 5.56 Å². The molecule has 0 spiro atoms. The highest BCUT2D eigenvalue weighted by molar-refractivity contribution is 6.18. The van der Waals surface area contributed by atoms with Crippen LogP contribution in [0.15, 0.2) is 24.3 Å². The summed E-state index contributed by atoms with van der Waals surface area (Å²) in [4.78, 5) is 0. The topological polar surface area (TPSA) is 32.3 Å². The highest BCUT2D eigenvalue weighted by Gasteiger charge is 2.03. The second-order valence-electron chi connectivity index (χ2n) is 3.97. The van der Waals surface area contributed by atoms with Crippen LogP contribution >= 0.6 is 11.6 Å². The Bertz CT molecular complexity index is 301. The minimum Gasteiger partial charge on any atom is -0.390 e. The molecule has 0 aromatic heterocycles. The zero-order valence-electron chi connectivity index (χ0n) is 9.20. The lowest BCUT2D eigenvalue weighted by Gasteiger charge is -2.12. The van der Waals surface area contributed by atoms with Crippen molar-refractivity contribution in [1.29, 1.82) is 0 Å². The van der Waals surface area contributed by atoms with Gasteiger partial charge in [-0.25, -0.2) is 0 Å². The van der Waals surface area contributed by atoms with E-state index in [0.29, 0.717) is 12.5 Å². The van der Waals surface area contributed by atoms with Gasteiger partial charge in [0, 0.05) is 12.2 Å². The molecule has 0 aliphatic rings. The molecule has 15 heavy (non-hydrogen) atoms. The Hall–Kier alpha value is -0.730. The summed E-state index contributed by atoms with van der Waals surface area (Å²) in [5, 5.41) is 12.5. The molecule has 0 fully saturated rings. The van der Waals surface area contributed by atoms with Crippen LogP contribution in [-0.4, -0.2) is 23.6 Å². The number of anilines is 1. The second-order valence-corrected chi connectivity index (χ2v) is 4.28. The van der Waals surface area contributed by atoms with Crippen LogP contribution < -0.4 is 5.32 Å². The first kappa shape index (κ1) is 12.3. The van der Waals surface area contributed by atoms with E-state index in [1.54, 1.807) is 0 Å². The molecule has 2 N–H and O–H groups in total. The van der Waals surface area contributed by atoms with Crippen molar-refractivity contribution in [3.05, 3.63) is 29.8 Å². The van der Waals surface area contributed by atoms with Crippen molar-refractivity contribution in [2.75, 3.05) is 17.7 Å². The molecule has 84 valence electrons. The fourth-order valence-corrected chi connectivity index (χ4v) is 1.41. The molecule has 1 atom stereocenters. The van der Waals surface area contributed by atoms with Crippen LogP contribution in [0.5, 0.6) is 0 Å². The van der Waals surface area contributed by atoms with Crippen molar-refractivity contribution in [2.45, 2.75) is 25.9 Å². The Morgan fingerprint density at radius 3 is 2.73 bits per heavy atom. The van der Waals surface area contributed by atoms with Crippen molar-refractivity contribution in [2.24, 2.45) is 0 Å². The number of alkyl halides is 1. The predicted octanol–water partition coefficient (Wildman–Crippen LogP) is 2.82. The number of benzene rings is 1. The molecule has 0 saturated carbocycles. The summed E-state index contributed by atoms with van der Waals surface area (Å²) >= 11 is 5.51. The summed E-state index contributed by atoms with van der Waals surface area (Å²) in [7, 11) is 0. The first-order valence-electron chi connectivity index (χ1n) is 5.21. The molecular weight excluding hydrogens is 210 g/mol. The third-order valence-corrected chi connectivity index (χ3v) is 2.63. The number of rotatable bonds is 5. The third-order valence-electron chi connectivity index (χ3n) is 2.27. The number of hydrogen-bond donors (Lipinski definition) is 2. The van der Waals surface area contributed by atoms with E-state index >= 15 is 0 Å². The molecule has 1 rings (SSSR count). The number of halogens is 1. The number of hydrogen-bond acceptors (Lipinski definition) is 2. The Morgan fingerprint density at radius 1 is 1.40 bits per heavy atom. The highest BCUT2D eigenvalue weighted by Crippen LogP contribution is 2.18. The van der Waals surface area contributed by atoms with Crippen molar-refractivity contribution in [3.8, 4) is 0 Å². The van der Waals surface area contributed by atoms with Crippen LogP contribution in [0.1, 0.15) is 25.3 Å². The van der Waals surface area contributed by atoms with Gasteiger partial charge in [-0.2, -0.15) is 0 Å². The summed E-state index contributed by atoms with van der Waals surface area (Å²) in [5.41, 5.74) is 2.32. The molecule has 3 heteroatoms. The van der Waals surface area contributed by atoms with Crippen molar-refractivity contribution < 1.29 is 5.11 Å². The maximum absolute atomic E-state index is 9.30. The first-order chi connectivity index (χ1) is 7.13. The Morgan fingerprint density at radius 2 is 2.13 bits per heavy atom. The van der Waals surface area contributed by atoms with Gasteiger partial charge in [-0.05, 0) is 23.6 Å². The van der Waals surface area contributed by atoms with Crippen LogP contribution in [0.2, 0.25) is 0 Å². The Kier molecular flexibility index (Phi) is 4.92.